The van der Waals surface area contributed by atoms with Gasteiger partial charge in [0, 0.05) is 19.6 Å². The van der Waals surface area contributed by atoms with Gasteiger partial charge in [-0.3, -0.25) is 4.79 Å². The number of fused-ring (bicyclic) bond motifs is 1. The zero-order chi connectivity index (χ0) is 22.6. The van der Waals surface area contributed by atoms with Crippen LogP contribution < -0.4 is 9.46 Å². The number of rotatable bonds is 6. The maximum Gasteiger partial charge on any atom is 0.257 e. The highest BCUT2D eigenvalue weighted by Gasteiger charge is 2.24. The third-order valence-corrected chi connectivity index (χ3v) is 7.34. The Bertz CT molecular complexity index is 1210. The first-order valence-electron chi connectivity index (χ1n) is 10.9. The summed E-state index contributed by atoms with van der Waals surface area (Å²) in [5, 5.41) is 2.06. The van der Waals surface area contributed by atoms with Crippen LogP contribution in [0.4, 0.5) is 0 Å². The van der Waals surface area contributed by atoms with E-state index in [1.54, 1.807) is 11.0 Å². The van der Waals surface area contributed by atoms with Crippen LogP contribution in [0.25, 0.3) is 10.8 Å². The molecular weight excluding hydrogens is 424 g/mol. The molecule has 1 amide bonds. The van der Waals surface area contributed by atoms with E-state index >= 15 is 0 Å². The van der Waals surface area contributed by atoms with Crippen LogP contribution >= 0.6 is 0 Å². The average Bonchev–Trinajstić information content (AvgIpc) is 3.11. The van der Waals surface area contributed by atoms with Gasteiger partial charge in [-0.05, 0) is 47.4 Å². The summed E-state index contributed by atoms with van der Waals surface area (Å²) in [5.74, 6) is 0.196. The van der Waals surface area contributed by atoms with Crippen molar-refractivity contribution in [2.75, 3.05) is 20.2 Å². The monoisotopic (exact) mass is 452 g/mol. The molecular formula is C25H28N2O4S. The minimum absolute atomic E-state index is 0.0525. The summed E-state index contributed by atoms with van der Waals surface area (Å²) in [7, 11) is -2.33. The van der Waals surface area contributed by atoms with Crippen LogP contribution in [0.2, 0.25) is 0 Å². The topological polar surface area (TPSA) is 75.7 Å². The molecule has 168 valence electrons. The Morgan fingerprint density at radius 1 is 0.969 bits per heavy atom. The van der Waals surface area contributed by atoms with Crippen LogP contribution in [0.5, 0.6) is 5.75 Å². The van der Waals surface area contributed by atoms with Crippen molar-refractivity contribution in [3.05, 3.63) is 71.8 Å². The number of carbonyl (C=O) groups is 1. The normalized spacial score (nSPS) is 14.8. The summed E-state index contributed by atoms with van der Waals surface area (Å²) < 4.78 is 34.2. The van der Waals surface area contributed by atoms with Gasteiger partial charge >= 0.3 is 0 Å². The highest BCUT2D eigenvalue weighted by atomic mass is 32.2. The fourth-order valence-electron chi connectivity index (χ4n) is 4.17. The fourth-order valence-corrected chi connectivity index (χ4v) is 5.20. The van der Waals surface area contributed by atoms with Crippen molar-refractivity contribution >= 4 is 26.7 Å². The third-order valence-electron chi connectivity index (χ3n) is 5.94. The van der Waals surface area contributed by atoms with Crippen molar-refractivity contribution < 1.29 is 17.9 Å². The molecule has 7 heteroatoms. The molecule has 6 nitrogen and oxygen atoms in total. The van der Waals surface area contributed by atoms with E-state index in [0.29, 0.717) is 18.8 Å². The Hall–Kier alpha value is -2.90. The number of benzene rings is 3. The molecule has 0 aliphatic carbocycles. The van der Waals surface area contributed by atoms with E-state index in [1.165, 1.54) is 19.2 Å². The Morgan fingerprint density at radius 2 is 1.69 bits per heavy atom. The van der Waals surface area contributed by atoms with Crippen LogP contribution in [-0.2, 0) is 16.6 Å². The molecule has 1 fully saturated rings. The second kappa shape index (κ2) is 9.71. The quantitative estimate of drug-likeness (QED) is 0.604. The molecule has 3 aromatic rings. The molecule has 0 bridgehead atoms. The van der Waals surface area contributed by atoms with Crippen LogP contribution in [0.1, 0.15) is 41.6 Å². The van der Waals surface area contributed by atoms with E-state index in [4.69, 9.17) is 4.74 Å². The molecule has 4 rings (SSSR count). The highest BCUT2D eigenvalue weighted by Crippen LogP contribution is 2.26. The SMILES string of the molecule is COc1ccc(S(=O)(=O)NCc2cccc3ccccc23)cc1C(=O)N1CCCCCC1. The van der Waals surface area contributed by atoms with Gasteiger partial charge in [-0.25, -0.2) is 13.1 Å². The second-order valence-corrected chi connectivity index (χ2v) is 9.80. The number of nitrogens with one attached hydrogen (secondary N) is 1. The summed E-state index contributed by atoms with van der Waals surface area (Å²) in [5.41, 5.74) is 1.17. The maximum absolute atomic E-state index is 13.2. The molecule has 1 aliphatic rings. The molecule has 0 radical (unpaired) electrons. The van der Waals surface area contributed by atoms with Crippen molar-refractivity contribution in [1.29, 1.82) is 0 Å². The zero-order valence-corrected chi connectivity index (χ0v) is 19.0. The van der Waals surface area contributed by atoms with Gasteiger partial charge in [0.25, 0.3) is 5.91 Å². The molecule has 0 atom stereocenters. The number of hydrogen-bond donors (Lipinski definition) is 1. The minimum atomic E-state index is -3.82. The van der Waals surface area contributed by atoms with Crippen molar-refractivity contribution in [3.63, 3.8) is 0 Å². The van der Waals surface area contributed by atoms with Crippen LogP contribution in [-0.4, -0.2) is 39.4 Å². The molecule has 3 aromatic carbocycles. The lowest BCUT2D eigenvalue weighted by Crippen LogP contribution is -2.32. The molecule has 0 spiro atoms. The van der Waals surface area contributed by atoms with Gasteiger partial charge in [-0.2, -0.15) is 0 Å². The first-order valence-corrected chi connectivity index (χ1v) is 12.4. The number of ether oxygens (including phenoxy) is 1. The summed E-state index contributed by atoms with van der Waals surface area (Å²) in [4.78, 5) is 15.0. The van der Waals surface area contributed by atoms with E-state index in [1.807, 2.05) is 42.5 Å². The summed E-state index contributed by atoms with van der Waals surface area (Å²) in [6.07, 6.45) is 4.12. The Labute approximate surface area is 189 Å². The lowest BCUT2D eigenvalue weighted by molar-refractivity contribution is 0.0758. The lowest BCUT2D eigenvalue weighted by atomic mass is 10.1. The molecule has 1 saturated heterocycles. The molecule has 0 aromatic heterocycles. The van der Waals surface area contributed by atoms with Crippen molar-refractivity contribution in [2.24, 2.45) is 0 Å². The van der Waals surface area contributed by atoms with Gasteiger partial charge in [0.2, 0.25) is 10.0 Å². The van der Waals surface area contributed by atoms with Gasteiger partial charge in [-0.1, -0.05) is 55.3 Å². The molecule has 0 unspecified atom stereocenters. The van der Waals surface area contributed by atoms with E-state index < -0.39 is 10.0 Å². The largest absolute Gasteiger partial charge is 0.496 e. The predicted molar refractivity (Wildman–Crippen MR) is 125 cm³/mol. The number of hydrogen-bond acceptors (Lipinski definition) is 4. The van der Waals surface area contributed by atoms with E-state index in [9.17, 15) is 13.2 Å². The summed E-state index contributed by atoms with van der Waals surface area (Å²) >= 11 is 0. The second-order valence-electron chi connectivity index (χ2n) is 8.03. The molecule has 0 saturated carbocycles. The van der Waals surface area contributed by atoms with Gasteiger partial charge in [-0.15, -0.1) is 0 Å². The molecule has 1 heterocycles. The van der Waals surface area contributed by atoms with Gasteiger partial charge in [0.15, 0.2) is 0 Å². The Kier molecular flexibility index (Phi) is 6.77. The van der Waals surface area contributed by atoms with Crippen LogP contribution in [0.15, 0.2) is 65.6 Å². The van der Waals surface area contributed by atoms with E-state index in [0.717, 1.165) is 42.0 Å². The Morgan fingerprint density at radius 3 is 2.44 bits per heavy atom. The molecule has 1 N–H and O–H groups in total. The van der Waals surface area contributed by atoms with Crippen molar-refractivity contribution in [2.45, 2.75) is 37.1 Å². The zero-order valence-electron chi connectivity index (χ0n) is 18.2. The minimum Gasteiger partial charge on any atom is -0.496 e. The van der Waals surface area contributed by atoms with Crippen LogP contribution in [0.3, 0.4) is 0 Å². The van der Waals surface area contributed by atoms with Crippen molar-refractivity contribution in [1.82, 2.24) is 9.62 Å². The summed E-state index contributed by atoms with van der Waals surface area (Å²) in [6, 6.07) is 18.1. The number of likely N-dealkylation sites (tertiary alicyclic amines) is 1. The summed E-state index contributed by atoms with van der Waals surface area (Å²) in [6.45, 7) is 1.52. The van der Waals surface area contributed by atoms with E-state index in [-0.39, 0.29) is 22.9 Å². The molecule has 32 heavy (non-hydrogen) atoms. The fraction of sp³-hybridized carbons (Fsp3) is 0.320. The number of sulfonamides is 1. The smallest absolute Gasteiger partial charge is 0.257 e. The van der Waals surface area contributed by atoms with E-state index in [2.05, 4.69) is 4.72 Å². The lowest BCUT2D eigenvalue weighted by Gasteiger charge is -2.22. The average molecular weight is 453 g/mol. The Balaban J connectivity index is 1.59. The maximum atomic E-state index is 13.2. The highest BCUT2D eigenvalue weighted by molar-refractivity contribution is 7.89. The van der Waals surface area contributed by atoms with Gasteiger partial charge < -0.3 is 9.64 Å². The number of carbonyl (C=O) groups excluding carboxylic acids is 1. The van der Waals surface area contributed by atoms with Gasteiger partial charge in [0.05, 0.1) is 17.6 Å². The number of nitrogens with zero attached hydrogens (tertiary/aromatic N) is 1. The number of amides is 1. The molecule has 1 aliphatic heterocycles. The number of methoxy groups -OCH3 is 1. The third kappa shape index (κ3) is 4.79. The first kappa shape index (κ1) is 22.3. The predicted octanol–water partition coefficient (Wildman–Crippen LogP) is 4.34. The van der Waals surface area contributed by atoms with Gasteiger partial charge in [0.1, 0.15) is 5.75 Å². The standard InChI is InChI=1S/C25H28N2O4S/c1-31-24-14-13-21(17-23(24)25(28)27-15-6-2-3-7-16-27)32(29,30)26-18-20-11-8-10-19-9-4-5-12-22(19)20/h4-5,8-14,17,26H,2-3,6-7,15-16,18H2,1H3. The van der Waals surface area contributed by atoms with Crippen molar-refractivity contribution in [3.8, 4) is 5.75 Å². The first-order chi connectivity index (χ1) is 15.5. The van der Waals surface area contributed by atoms with Crippen LogP contribution in [0, 0.1) is 0 Å².